The van der Waals surface area contributed by atoms with Crippen LogP contribution in [0.25, 0.3) is 0 Å². The van der Waals surface area contributed by atoms with Crippen LogP contribution in [0.3, 0.4) is 0 Å². The number of hydrogen-bond acceptors (Lipinski definition) is 7. The summed E-state index contributed by atoms with van der Waals surface area (Å²) in [5.74, 6) is -0.486. The van der Waals surface area contributed by atoms with E-state index in [0.717, 1.165) is 9.87 Å². The molecule has 1 fully saturated rings. The molecule has 0 atom stereocenters. The van der Waals surface area contributed by atoms with E-state index in [1.54, 1.807) is 18.2 Å². The summed E-state index contributed by atoms with van der Waals surface area (Å²) in [6.07, 6.45) is 0. The van der Waals surface area contributed by atoms with Crippen LogP contribution in [0.5, 0.6) is 5.75 Å². The third-order valence-electron chi connectivity index (χ3n) is 6.03. The van der Waals surface area contributed by atoms with Crippen LogP contribution in [0.1, 0.15) is 5.56 Å². The number of benzene rings is 3. The average Bonchev–Trinajstić information content (AvgIpc) is 2.92. The van der Waals surface area contributed by atoms with Crippen LogP contribution >= 0.6 is 11.6 Å². The molecule has 0 bridgehead atoms. The SMILES string of the molecule is COc1ccc(S(=O)(=O)N2CCOCC2)cc1NC(=O)CN(c1cccc(C)c1)S(=O)(=O)c1ccc(Cl)cc1. The number of methoxy groups -OCH3 is 1. The molecule has 1 aliphatic heterocycles. The van der Waals surface area contributed by atoms with E-state index < -0.39 is 32.5 Å². The first kappa shape index (κ1) is 28.8. The molecule has 1 N–H and O–H groups in total. The number of carbonyl (C=O) groups is 1. The summed E-state index contributed by atoms with van der Waals surface area (Å²) in [6, 6.07) is 16.5. The van der Waals surface area contributed by atoms with Crippen LogP contribution in [0.4, 0.5) is 11.4 Å². The van der Waals surface area contributed by atoms with E-state index in [0.29, 0.717) is 5.02 Å². The Morgan fingerprint density at radius 1 is 1.00 bits per heavy atom. The largest absolute Gasteiger partial charge is 0.495 e. The van der Waals surface area contributed by atoms with Crippen LogP contribution in [0.15, 0.2) is 76.5 Å². The Morgan fingerprint density at radius 3 is 2.31 bits per heavy atom. The maximum atomic E-state index is 13.6. The van der Waals surface area contributed by atoms with Gasteiger partial charge in [0.15, 0.2) is 0 Å². The fraction of sp³-hybridized carbons (Fsp3) is 0.269. The molecule has 4 rings (SSSR count). The van der Waals surface area contributed by atoms with Crippen molar-refractivity contribution >= 4 is 48.9 Å². The minimum atomic E-state index is -4.17. The lowest BCUT2D eigenvalue weighted by Crippen LogP contribution is -2.40. The highest BCUT2D eigenvalue weighted by Gasteiger charge is 2.29. The standard InChI is InChI=1S/C26H28ClN3O7S2/c1-19-4-3-5-21(16-19)30(39(34,35)22-8-6-20(27)7-9-22)18-26(31)28-24-17-23(10-11-25(24)36-2)38(32,33)29-12-14-37-15-13-29/h3-11,16-17H,12-15,18H2,1-2H3,(H,28,31). The van der Waals surface area contributed by atoms with Crippen molar-refractivity contribution in [2.45, 2.75) is 16.7 Å². The quantitative estimate of drug-likeness (QED) is 0.403. The molecule has 0 spiro atoms. The van der Waals surface area contributed by atoms with Gasteiger partial charge in [0.1, 0.15) is 12.3 Å². The van der Waals surface area contributed by atoms with Gasteiger partial charge in [-0.05, 0) is 67.1 Å². The van der Waals surface area contributed by atoms with E-state index in [2.05, 4.69) is 5.32 Å². The van der Waals surface area contributed by atoms with Crippen molar-refractivity contribution in [3.8, 4) is 5.75 Å². The zero-order chi connectivity index (χ0) is 28.2. The Labute approximate surface area is 233 Å². The summed E-state index contributed by atoms with van der Waals surface area (Å²) in [6.45, 7) is 2.22. The van der Waals surface area contributed by atoms with Gasteiger partial charge < -0.3 is 14.8 Å². The zero-order valence-electron chi connectivity index (χ0n) is 21.3. The van der Waals surface area contributed by atoms with Gasteiger partial charge >= 0.3 is 0 Å². The summed E-state index contributed by atoms with van der Waals surface area (Å²) in [7, 11) is -6.64. The lowest BCUT2D eigenvalue weighted by atomic mass is 10.2. The van der Waals surface area contributed by atoms with Crippen molar-refractivity contribution in [2.24, 2.45) is 0 Å². The average molecular weight is 594 g/mol. The van der Waals surface area contributed by atoms with E-state index in [-0.39, 0.29) is 53.2 Å². The van der Waals surface area contributed by atoms with Crippen molar-refractivity contribution in [2.75, 3.05) is 49.6 Å². The number of carbonyl (C=O) groups excluding carboxylic acids is 1. The molecule has 208 valence electrons. The molecule has 1 amide bonds. The first-order chi connectivity index (χ1) is 18.5. The van der Waals surface area contributed by atoms with E-state index >= 15 is 0 Å². The van der Waals surface area contributed by atoms with Gasteiger partial charge in [0.05, 0.1) is 41.5 Å². The number of nitrogens with one attached hydrogen (secondary N) is 1. The highest BCUT2D eigenvalue weighted by Crippen LogP contribution is 2.30. The van der Waals surface area contributed by atoms with Gasteiger partial charge in [-0.1, -0.05) is 23.7 Å². The Bertz CT molecular complexity index is 1560. The van der Waals surface area contributed by atoms with Gasteiger partial charge in [-0.25, -0.2) is 16.8 Å². The topological polar surface area (TPSA) is 122 Å². The summed E-state index contributed by atoms with van der Waals surface area (Å²) in [4.78, 5) is 13.2. The Balaban J connectivity index is 1.65. The Kier molecular flexibility index (Phi) is 8.82. The molecular weight excluding hydrogens is 566 g/mol. The van der Waals surface area contributed by atoms with Crippen molar-refractivity contribution in [1.29, 1.82) is 0 Å². The summed E-state index contributed by atoms with van der Waals surface area (Å²) in [5, 5.41) is 2.99. The first-order valence-electron chi connectivity index (χ1n) is 11.9. The molecule has 13 heteroatoms. The van der Waals surface area contributed by atoms with Crippen LogP contribution in [-0.2, 0) is 29.6 Å². The zero-order valence-corrected chi connectivity index (χ0v) is 23.7. The number of hydrogen-bond donors (Lipinski definition) is 1. The van der Waals surface area contributed by atoms with Gasteiger partial charge in [-0.15, -0.1) is 0 Å². The number of aryl methyl sites for hydroxylation is 1. The van der Waals surface area contributed by atoms with Gasteiger partial charge in [0.2, 0.25) is 15.9 Å². The van der Waals surface area contributed by atoms with Gasteiger partial charge in [-0.3, -0.25) is 9.10 Å². The summed E-state index contributed by atoms with van der Waals surface area (Å²) in [5.41, 5.74) is 1.17. The highest BCUT2D eigenvalue weighted by molar-refractivity contribution is 7.92. The predicted molar refractivity (Wildman–Crippen MR) is 148 cm³/mol. The molecule has 3 aromatic rings. The van der Waals surface area contributed by atoms with Crippen LogP contribution in [-0.4, -0.2) is 67.0 Å². The van der Waals surface area contributed by atoms with Crippen LogP contribution in [0.2, 0.25) is 5.02 Å². The number of amides is 1. The number of ether oxygens (including phenoxy) is 2. The maximum Gasteiger partial charge on any atom is 0.264 e. The molecule has 3 aromatic carbocycles. The molecule has 1 heterocycles. The third-order valence-corrected chi connectivity index (χ3v) is 9.97. The number of nitrogens with zero attached hydrogens (tertiary/aromatic N) is 2. The number of anilines is 2. The maximum absolute atomic E-state index is 13.6. The minimum Gasteiger partial charge on any atom is -0.495 e. The van der Waals surface area contributed by atoms with Crippen LogP contribution < -0.4 is 14.4 Å². The number of morpholine rings is 1. The normalized spacial score (nSPS) is 14.5. The molecule has 0 saturated carbocycles. The molecule has 1 saturated heterocycles. The van der Waals surface area contributed by atoms with Gasteiger partial charge in [-0.2, -0.15) is 4.31 Å². The van der Waals surface area contributed by atoms with Crippen molar-refractivity contribution in [1.82, 2.24) is 4.31 Å². The number of rotatable bonds is 9. The molecule has 10 nitrogen and oxygen atoms in total. The molecule has 0 unspecified atom stereocenters. The fourth-order valence-electron chi connectivity index (χ4n) is 4.03. The predicted octanol–water partition coefficient (Wildman–Crippen LogP) is 3.51. The van der Waals surface area contributed by atoms with E-state index in [1.807, 2.05) is 13.0 Å². The second-order valence-electron chi connectivity index (χ2n) is 8.73. The van der Waals surface area contributed by atoms with E-state index in [4.69, 9.17) is 21.1 Å². The van der Waals surface area contributed by atoms with Crippen molar-refractivity contribution in [3.63, 3.8) is 0 Å². The Morgan fingerprint density at radius 2 is 1.67 bits per heavy atom. The molecule has 0 radical (unpaired) electrons. The minimum absolute atomic E-state index is 0.0372. The van der Waals surface area contributed by atoms with E-state index in [1.165, 1.54) is 53.9 Å². The lowest BCUT2D eigenvalue weighted by molar-refractivity contribution is -0.114. The first-order valence-corrected chi connectivity index (χ1v) is 15.2. The Hall–Kier alpha value is -3.16. The molecule has 0 aliphatic carbocycles. The summed E-state index contributed by atoms with van der Waals surface area (Å²) >= 11 is 5.94. The highest BCUT2D eigenvalue weighted by atomic mass is 35.5. The molecule has 1 aliphatic rings. The van der Waals surface area contributed by atoms with Crippen LogP contribution in [0, 0.1) is 6.92 Å². The molecular formula is C26H28ClN3O7S2. The van der Waals surface area contributed by atoms with Crippen molar-refractivity contribution in [3.05, 3.63) is 77.3 Å². The number of sulfonamides is 2. The van der Waals surface area contributed by atoms with E-state index in [9.17, 15) is 21.6 Å². The monoisotopic (exact) mass is 593 g/mol. The van der Waals surface area contributed by atoms with Gasteiger partial charge in [0, 0.05) is 18.1 Å². The molecule has 39 heavy (non-hydrogen) atoms. The smallest absolute Gasteiger partial charge is 0.264 e. The third kappa shape index (κ3) is 6.53. The summed E-state index contributed by atoms with van der Waals surface area (Å²) < 4.78 is 66.4. The van der Waals surface area contributed by atoms with Gasteiger partial charge in [0.25, 0.3) is 10.0 Å². The lowest BCUT2D eigenvalue weighted by Gasteiger charge is -2.26. The second kappa shape index (κ2) is 11.9. The van der Waals surface area contributed by atoms with Crippen molar-refractivity contribution < 1.29 is 31.1 Å². The molecule has 0 aromatic heterocycles. The fourth-order valence-corrected chi connectivity index (χ4v) is 7.01. The number of halogens is 1. The second-order valence-corrected chi connectivity index (χ2v) is 13.0.